The summed E-state index contributed by atoms with van der Waals surface area (Å²) in [7, 11) is 0. The lowest BCUT2D eigenvalue weighted by Crippen LogP contribution is -2.58. The van der Waals surface area contributed by atoms with Gasteiger partial charge >= 0.3 is 6.43 Å². The van der Waals surface area contributed by atoms with Gasteiger partial charge in [-0.2, -0.15) is 13.8 Å². The van der Waals surface area contributed by atoms with Gasteiger partial charge in [0.1, 0.15) is 0 Å². The third-order valence-corrected chi connectivity index (χ3v) is 4.99. The average Bonchev–Trinajstić information content (AvgIpc) is 3.16. The van der Waals surface area contributed by atoms with Crippen LogP contribution in [-0.2, 0) is 4.74 Å². The second-order valence-electron chi connectivity index (χ2n) is 7.99. The van der Waals surface area contributed by atoms with Crippen molar-refractivity contribution in [3.63, 3.8) is 0 Å². The van der Waals surface area contributed by atoms with Crippen molar-refractivity contribution in [3.8, 4) is 11.4 Å². The average molecular weight is 408 g/mol. The number of aromatic nitrogens is 2. The van der Waals surface area contributed by atoms with Crippen molar-refractivity contribution in [3.05, 3.63) is 35.7 Å². The highest BCUT2D eigenvalue weighted by atomic mass is 19.3. The van der Waals surface area contributed by atoms with Gasteiger partial charge in [-0.05, 0) is 39.8 Å². The molecule has 0 aliphatic carbocycles. The van der Waals surface area contributed by atoms with E-state index in [1.54, 1.807) is 24.3 Å². The monoisotopic (exact) mass is 408 g/mol. The minimum absolute atomic E-state index is 0.0592. The summed E-state index contributed by atoms with van der Waals surface area (Å²) in [6, 6.07) is 6.42. The molecule has 1 N–H and O–H groups in total. The maximum atomic E-state index is 12.6. The molecule has 7 nitrogen and oxygen atoms in total. The minimum atomic E-state index is -2.82. The Morgan fingerprint density at radius 2 is 1.86 bits per heavy atom. The van der Waals surface area contributed by atoms with Gasteiger partial charge < -0.3 is 14.6 Å². The molecule has 0 radical (unpaired) electrons. The summed E-state index contributed by atoms with van der Waals surface area (Å²) in [6.07, 6.45) is -2.52. The molecule has 1 aromatic heterocycles. The smallest absolute Gasteiger partial charge is 0.315 e. The van der Waals surface area contributed by atoms with Crippen molar-refractivity contribution in [1.82, 2.24) is 20.4 Å². The van der Waals surface area contributed by atoms with Crippen molar-refractivity contribution in [2.45, 2.75) is 51.9 Å². The number of alkyl halides is 2. The van der Waals surface area contributed by atoms with Gasteiger partial charge in [0, 0.05) is 36.3 Å². The molecule has 0 saturated carbocycles. The summed E-state index contributed by atoms with van der Waals surface area (Å²) in [5.74, 6) is -0.875. The van der Waals surface area contributed by atoms with E-state index in [1.165, 1.54) is 0 Å². The van der Waals surface area contributed by atoms with Gasteiger partial charge in [0.2, 0.25) is 5.82 Å². The van der Waals surface area contributed by atoms with Crippen molar-refractivity contribution in [2.24, 2.45) is 0 Å². The number of rotatable bonds is 6. The highest BCUT2D eigenvalue weighted by molar-refractivity contribution is 5.94. The maximum absolute atomic E-state index is 12.6. The van der Waals surface area contributed by atoms with E-state index in [4.69, 9.17) is 4.74 Å². The molecule has 1 aliphatic rings. The van der Waals surface area contributed by atoms with Crippen LogP contribution >= 0.6 is 0 Å². The van der Waals surface area contributed by atoms with Crippen molar-refractivity contribution in [1.29, 1.82) is 0 Å². The quantitative estimate of drug-likeness (QED) is 0.790. The zero-order chi connectivity index (χ0) is 21.2. The molecule has 1 fully saturated rings. The summed E-state index contributed by atoms with van der Waals surface area (Å²) in [6.45, 7) is 10.4. The van der Waals surface area contributed by atoms with Crippen molar-refractivity contribution >= 4 is 5.91 Å². The summed E-state index contributed by atoms with van der Waals surface area (Å²) in [5.41, 5.74) is 0.734. The molecule has 1 aromatic carbocycles. The molecule has 158 valence electrons. The van der Waals surface area contributed by atoms with Gasteiger partial charge in [0.25, 0.3) is 11.8 Å². The maximum Gasteiger partial charge on any atom is 0.315 e. The van der Waals surface area contributed by atoms with Crippen LogP contribution in [0.2, 0.25) is 0 Å². The highest BCUT2D eigenvalue weighted by Crippen LogP contribution is 2.23. The zero-order valence-corrected chi connectivity index (χ0v) is 17.0. The van der Waals surface area contributed by atoms with Crippen LogP contribution in [-0.4, -0.2) is 58.3 Å². The number of hydrogen-bond donors (Lipinski definition) is 1. The standard InChI is InChI=1S/C20H26F2N4O3/c1-12-9-26(10-13(2)28-12)20(3,4)11-23-18(27)15-7-5-14(6-8-15)17-24-19(16(21)22)29-25-17/h5-8,12-13,16H,9-11H2,1-4H3,(H,23,27)/t12-,13+. The first kappa shape index (κ1) is 21.3. The number of nitrogens with zero attached hydrogens (tertiary/aromatic N) is 3. The number of halogens is 2. The number of morpholine rings is 1. The van der Waals surface area contributed by atoms with Crippen LogP contribution in [0.3, 0.4) is 0 Å². The Bertz CT molecular complexity index is 829. The Hall–Kier alpha value is -2.39. The second kappa shape index (κ2) is 8.54. The lowest BCUT2D eigenvalue weighted by molar-refractivity contribution is -0.0948. The predicted octanol–water partition coefficient (Wildman–Crippen LogP) is 3.29. The SMILES string of the molecule is C[C@@H]1CN(C(C)(C)CNC(=O)c2ccc(-c3noc(C(F)F)n3)cc2)C[C@H](C)O1. The Morgan fingerprint density at radius 1 is 1.24 bits per heavy atom. The number of benzene rings is 1. The van der Waals surface area contributed by atoms with Crippen LogP contribution < -0.4 is 5.32 Å². The minimum Gasteiger partial charge on any atom is -0.373 e. The summed E-state index contributed by atoms with van der Waals surface area (Å²) < 4.78 is 35.4. The Morgan fingerprint density at radius 3 is 2.41 bits per heavy atom. The lowest BCUT2D eigenvalue weighted by Gasteiger charge is -2.45. The molecule has 1 saturated heterocycles. The van der Waals surface area contributed by atoms with Gasteiger partial charge in [-0.25, -0.2) is 0 Å². The third-order valence-electron chi connectivity index (χ3n) is 4.99. The fraction of sp³-hybridized carbons (Fsp3) is 0.550. The van der Waals surface area contributed by atoms with Crippen molar-refractivity contribution in [2.75, 3.05) is 19.6 Å². The molecule has 9 heteroatoms. The molecule has 0 bridgehead atoms. The Balaban J connectivity index is 1.60. The first-order valence-electron chi connectivity index (χ1n) is 9.56. The first-order valence-corrected chi connectivity index (χ1v) is 9.56. The van der Waals surface area contributed by atoms with E-state index >= 15 is 0 Å². The molecular weight excluding hydrogens is 382 g/mol. The number of amides is 1. The van der Waals surface area contributed by atoms with E-state index in [-0.39, 0.29) is 29.5 Å². The van der Waals surface area contributed by atoms with Crippen LogP contribution in [0.25, 0.3) is 11.4 Å². The topological polar surface area (TPSA) is 80.5 Å². The molecule has 0 unspecified atom stereocenters. The van der Waals surface area contributed by atoms with Gasteiger partial charge in [0.15, 0.2) is 0 Å². The van der Waals surface area contributed by atoms with E-state index in [0.29, 0.717) is 17.7 Å². The molecule has 3 rings (SSSR count). The number of carbonyl (C=O) groups is 1. The molecule has 2 atom stereocenters. The molecule has 2 heterocycles. The zero-order valence-electron chi connectivity index (χ0n) is 17.0. The van der Waals surface area contributed by atoms with E-state index in [9.17, 15) is 13.6 Å². The molecule has 0 spiro atoms. The summed E-state index contributed by atoms with van der Waals surface area (Å²) in [5, 5.41) is 6.51. The van der Waals surface area contributed by atoms with E-state index in [0.717, 1.165) is 13.1 Å². The van der Waals surface area contributed by atoms with E-state index in [2.05, 4.69) is 38.7 Å². The Kier molecular flexibility index (Phi) is 6.28. The van der Waals surface area contributed by atoms with Crippen LogP contribution in [0.15, 0.2) is 28.8 Å². The van der Waals surface area contributed by atoms with Gasteiger partial charge in [-0.15, -0.1) is 0 Å². The fourth-order valence-corrected chi connectivity index (χ4v) is 3.39. The number of carbonyl (C=O) groups excluding carboxylic acids is 1. The number of hydrogen-bond acceptors (Lipinski definition) is 6. The van der Waals surface area contributed by atoms with E-state index < -0.39 is 12.3 Å². The molecule has 2 aromatic rings. The lowest BCUT2D eigenvalue weighted by atomic mass is 9.99. The van der Waals surface area contributed by atoms with Crippen LogP contribution in [0, 0.1) is 0 Å². The highest BCUT2D eigenvalue weighted by Gasteiger charge is 2.33. The van der Waals surface area contributed by atoms with E-state index in [1.807, 2.05) is 13.8 Å². The Labute approximate surface area is 168 Å². The van der Waals surface area contributed by atoms with Gasteiger partial charge in [0.05, 0.1) is 12.2 Å². The normalized spacial score (nSPS) is 20.8. The first-order chi connectivity index (χ1) is 13.7. The number of nitrogens with one attached hydrogen (secondary N) is 1. The summed E-state index contributed by atoms with van der Waals surface area (Å²) >= 11 is 0. The van der Waals surface area contributed by atoms with Crippen LogP contribution in [0.1, 0.15) is 50.4 Å². The largest absolute Gasteiger partial charge is 0.373 e. The molecule has 1 aliphatic heterocycles. The van der Waals surface area contributed by atoms with Crippen molar-refractivity contribution < 1.29 is 22.8 Å². The van der Waals surface area contributed by atoms with Gasteiger partial charge in [-0.1, -0.05) is 17.3 Å². The molecule has 1 amide bonds. The molecule has 29 heavy (non-hydrogen) atoms. The van der Waals surface area contributed by atoms with Crippen LogP contribution in [0.4, 0.5) is 8.78 Å². The number of ether oxygens (including phenoxy) is 1. The third kappa shape index (κ3) is 5.16. The molecular formula is C20H26F2N4O3. The fourth-order valence-electron chi connectivity index (χ4n) is 3.39. The predicted molar refractivity (Wildman–Crippen MR) is 103 cm³/mol. The van der Waals surface area contributed by atoms with Gasteiger partial charge in [-0.3, -0.25) is 9.69 Å². The summed E-state index contributed by atoms with van der Waals surface area (Å²) in [4.78, 5) is 18.5. The second-order valence-corrected chi connectivity index (χ2v) is 7.99. The van der Waals surface area contributed by atoms with Crippen LogP contribution in [0.5, 0.6) is 0 Å².